The SMILES string of the molecule is COc1ccc(-c2nnc3cc(C)ccn23)cc1. The normalized spacial score (nSPS) is 10.8. The van der Waals surface area contributed by atoms with Crippen molar-refractivity contribution in [2.75, 3.05) is 7.11 Å². The molecule has 0 amide bonds. The lowest BCUT2D eigenvalue weighted by molar-refractivity contribution is 0.415. The Balaban J connectivity index is 2.13. The molecule has 0 N–H and O–H groups in total. The van der Waals surface area contributed by atoms with Gasteiger partial charge in [-0.05, 0) is 48.9 Å². The van der Waals surface area contributed by atoms with Crippen LogP contribution in [0.15, 0.2) is 42.6 Å². The quantitative estimate of drug-likeness (QED) is 0.690. The van der Waals surface area contributed by atoms with Crippen LogP contribution in [0.5, 0.6) is 5.75 Å². The molecule has 0 fully saturated rings. The molecule has 0 aliphatic carbocycles. The van der Waals surface area contributed by atoms with E-state index < -0.39 is 0 Å². The van der Waals surface area contributed by atoms with E-state index in [-0.39, 0.29) is 0 Å². The molecular weight excluding hydrogens is 226 g/mol. The maximum Gasteiger partial charge on any atom is 0.168 e. The molecule has 90 valence electrons. The Hall–Kier alpha value is -2.36. The van der Waals surface area contributed by atoms with Gasteiger partial charge in [-0.15, -0.1) is 10.2 Å². The average Bonchev–Trinajstić information content (AvgIpc) is 2.81. The second-order valence-corrected chi connectivity index (χ2v) is 4.18. The van der Waals surface area contributed by atoms with Gasteiger partial charge in [0.1, 0.15) is 5.75 Å². The van der Waals surface area contributed by atoms with E-state index in [0.717, 1.165) is 22.8 Å². The zero-order chi connectivity index (χ0) is 12.5. The van der Waals surface area contributed by atoms with E-state index in [0.29, 0.717) is 0 Å². The molecule has 0 radical (unpaired) electrons. The van der Waals surface area contributed by atoms with Gasteiger partial charge in [0.15, 0.2) is 11.5 Å². The molecule has 0 unspecified atom stereocenters. The Kier molecular flexibility index (Phi) is 2.48. The number of benzene rings is 1. The maximum atomic E-state index is 5.15. The molecule has 3 aromatic rings. The molecule has 0 aliphatic heterocycles. The third-order valence-electron chi connectivity index (χ3n) is 2.91. The van der Waals surface area contributed by atoms with Crippen LogP contribution in [0.2, 0.25) is 0 Å². The highest BCUT2D eigenvalue weighted by Crippen LogP contribution is 2.21. The van der Waals surface area contributed by atoms with Crippen LogP contribution < -0.4 is 4.74 Å². The summed E-state index contributed by atoms with van der Waals surface area (Å²) in [5.41, 5.74) is 3.06. The minimum Gasteiger partial charge on any atom is -0.497 e. The summed E-state index contributed by atoms with van der Waals surface area (Å²) in [5.74, 6) is 1.68. The number of pyridine rings is 1. The molecule has 0 saturated heterocycles. The highest BCUT2D eigenvalue weighted by Gasteiger charge is 2.07. The Morgan fingerprint density at radius 1 is 1.06 bits per heavy atom. The van der Waals surface area contributed by atoms with E-state index >= 15 is 0 Å². The third kappa shape index (κ3) is 1.72. The summed E-state index contributed by atoms with van der Waals surface area (Å²) in [5, 5.41) is 8.41. The van der Waals surface area contributed by atoms with Crippen LogP contribution in [0, 0.1) is 6.92 Å². The van der Waals surface area contributed by atoms with Crippen molar-refractivity contribution in [2.24, 2.45) is 0 Å². The van der Waals surface area contributed by atoms with Gasteiger partial charge in [-0.25, -0.2) is 0 Å². The van der Waals surface area contributed by atoms with Crippen LogP contribution in [-0.4, -0.2) is 21.7 Å². The molecule has 0 saturated carbocycles. The van der Waals surface area contributed by atoms with E-state index in [4.69, 9.17) is 4.74 Å². The fourth-order valence-electron chi connectivity index (χ4n) is 1.93. The highest BCUT2D eigenvalue weighted by atomic mass is 16.5. The molecule has 3 rings (SSSR count). The zero-order valence-corrected chi connectivity index (χ0v) is 10.3. The van der Waals surface area contributed by atoms with Crippen LogP contribution in [0.4, 0.5) is 0 Å². The Morgan fingerprint density at radius 2 is 1.83 bits per heavy atom. The van der Waals surface area contributed by atoms with Crippen molar-refractivity contribution in [2.45, 2.75) is 6.92 Å². The average molecular weight is 239 g/mol. The summed E-state index contributed by atoms with van der Waals surface area (Å²) >= 11 is 0. The van der Waals surface area contributed by atoms with Crippen LogP contribution in [0.1, 0.15) is 5.56 Å². The zero-order valence-electron chi connectivity index (χ0n) is 10.3. The summed E-state index contributed by atoms with van der Waals surface area (Å²) in [6.45, 7) is 2.04. The van der Waals surface area contributed by atoms with Gasteiger partial charge < -0.3 is 4.74 Å². The molecule has 1 aromatic carbocycles. The van der Waals surface area contributed by atoms with E-state index in [1.165, 1.54) is 5.56 Å². The third-order valence-corrected chi connectivity index (χ3v) is 2.91. The van der Waals surface area contributed by atoms with Crippen molar-refractivity contribution >= 4 is 5.65 Å². The molecule has 0 atom stereocenters. The van der Waals surface area contributed by atoms with Crippen LogP contribution in [0.3, 0.4) is 0 Å². The first-order valence-electron chi connectivity index (χ1n) is 5.74. The van der Waals surface area contributed by atoms with Crippen molar-refractivity contribution in [3.8, 4) is 17.1 Å². The predicted molar refractivity (Wildman–Crippen MR) is 69.7 cm³/mol. The molecule has 18 heavy (non-hydrogen) atoms. The topological polar surface area (TPSA) is 39.4 Å². The predicted octanol–water partition coefficient (Wildman–Crippen LogP) is 2.71. The van der Waals surface area contributed by atoms with Crippen molar-refractivity contribution in [3.63, 3.8) is 0 Å². The number of rotatable bonds is 2. The highest BCUT2D eigenvalue weighted by molar-refractivity contribution is 5.60. The second kappa shape index (κ2) is 4.14. The molecule has 0 spiro atoms. The molecule has 0 aliphatic rings. The summed E-state index contributed by atoms with van der Waals surface area (Å²) in [7, 11) is 1.66. The number of aromatic nitrogens is 3. The fourth-order valence-corrected chi connectivity index (χ4v) is 1.93. The smallest absolute Gasteiger partial charge is 0.168 e. The van der Waals surface area contributed by atoms with Crippen molar-refractivity contribution < 1.29 is 4.74 Å². The lowest BCUT2D eigenvalue weighted by atomic mass is 10.2. The number of ether oxygens (including phenoxy) is 1. The summed E-state index contributed by atoms with van der Waals surface area (Å²) in [6.07, 6.45) is 1.99. The van der Waals surface area contributed by atoms with Gasteiger partial charge in [0.05, 0.1) is 7.11 Å². The van der Waals surface area contributed by atoms with Crippen LogP contribution in [0.25, 0.3) is 17.0 Å². The molecule has 0 bridgehead atoms. The van der Waals surface area contributed by atoms with Crippen molar-refractivity contribution in [3.05, 3.63) is 48.2 Å². The molecule has 4 nitrogen and oxygen atoms in total. The van der Waals surface area contributed by atoms with Crippen molar-refractivity contribution in [1.29, 1.82) is 0 Å². The monoisotopic (exact) mass is 239 g/mol. The van der Waals surface area contributed by atoms with Crippen LogP contribution in [-0.2, 0) is 0 Å². The fraction of sp³-hybridized carbons (Fsp3) is 0.143. The minimum atomic E-state index is 0.836. The summed E-state index contributed by atoms with van der Waals surface area (Å²) < 4.78 is 7.13. The summed E-state index contributed by atoms with van der Waals surface area (Å²) in [6, 6.07) is 11.9. The number of methoxy groups -OCH3 is 1. The lowest BCUT2D eigenvalue weighted by Gasteiger charge is -2.02. The largest absolute Gasteiger partial charge is 0.497 e. The standard InChI is InChI=1S/C14H13N3O/c1-10-7-8-17-13(9-10)15-16-14(17)11-3-5-12(18-2)6-4-11/h3-9H,1-2H3. The molecule has 2 aromatic heterocycles. The van der Waals surface area contributed by atoms with Crippen LogP contribution >= 0.6 is 0 Å². The number of hydrogen-bond acceptors (Lipinski definition) is 3. The molecule has 4 heteroatoms. The number of hydrogen-bond donors (Lipinski definition) is 0. The first-order chi connectivity index (χ1) is 8.78. The first-order valence-corrected chi connectivity index (χ1v) is 5.74. The number of nitrogens with zero attached hydrogens (tertiary/aromatic N) is 3. The van der Waals surface area contributed by atoms with E-state index in [1.807, 2.05) is 53.9 Å². The van der Waals surface area contributed by atoms with E-state index in [1.54, 1.807) is 7.11 Å². The summed E-state index contributed by atoms with van der Waals surface area (Å²) in [4.78, 5) is 0. The van der Waals surface area contributed by atoms with E-state index in [9.17, 15) is 0 Å². The minimum absolute atomic E-state index is 0.836. The van der Waals surface area contributed by atoms with Gasteiger partial charge >= 0.3 is 0 Å². The van der Waals surface area contributed by atoms with Gasteiger partial charge in [0.25, 0.3) is 0 Å². The van der Waals surface area contributed by atoms with Gasteiger partial charge in [-0.3, -0.25) is 4.40 Å². The second-order valence-electron chi connectivity index (χ2n) is 4.18. The van der Waals surface area contributed by atoms with Gasteiger partial charge in [0.2, 0.25) is 0 Å². The maximum absolute atomic E-state index is 5.15. The van der Waals surface area contributed by atoms with Gasteiger partial charge in [0, 0.05) is 11.8 Å². The Bertz CT molecular complexity index is 686. The number of fused-ring (bicyclic) bond motifs is 1. The van der Waals surface area contributed by atoms with E-state index in [2.05, 4.69) is 10.2 Å². The van der Waals surface area contributed by atoms with Gasteiger partial charge in [-0.2, -0.15) is 0 Å². The Morgan fingerprint density at radius 3 is 2.56 bits per heavy atom. The molecular formula is C14H13N3O. The molecule has 2 heterocycles. The van der Waals surface area contributed by atoms with Gasteiger partial charge in [-0.1, -0.05) is 0 Å². The Labute approximate surface area is 105 Å². The first kappa shape index (κ1) is 10.8. The number of aryl methyl sites for hydroxylation is 1. The lowest BCUT2D eigenvalue weighted by Crippen LogP contribution is -1.90. The van der Waals surface area contributed by atoms with Crippen molar-refractivity contribution in [1.82, 2.24) is 14.6 Å².